The van der Waals surface area contributed by atoms with Crippen molar-refractivity contribution in [2.24, 2.45) is 5.41 Å². The van der Waals surface area contributed by atoms with Crippen molar-refractivity contribution >= 4 is 0 Å². The van der Waals surface area contributed by atoms with Gasteiger partial charge in [0.1, 0.15) is 0 Å². The van der Waals surface area contributed by atoms with Crippen molar-refractivity contribution in [3.8, 4) is 0 Å². The lowest BCUT2D eigenvalue weighted by molar-refractivity contribution is 0.329. The summed E-state index contributed by atoms with van der Waals surface area (Å²) in [6.45, 7) is 14.5. The number of rotatable bonds is 8. The molecule has 0 bridgehead atoms. The molecule has 0 atom stereocenters. The molecule has 0 amide bonds. The van der Waals surface area contributed by atoms with Crippen LogP contribution < -0.4 is 10.6 Å². The number of nitrogens with one attached hydrogen (secondary N) is 2. The Morgan fingerprint density at radius 2 is 1.85 bits per heavy atom. The van der Waals surface area contributed by atoms with Crippen molar-refractivity contribution in [1.29, 1.82) is 0 Å². The molecule has 13 heavy (non-hydrogen) atoms. The van der Waals surface area contributed by atoms with Crippen LogP contribution in [0.25, 0.3) is 0 Å². The maximum Gasteiger partial charge on any atom is 0.0132 e. The zero-order valence-corrected chi connectivity index (χ0v) is 9.32. The van der Waals surface area contributed by atoms with E-state index in [9.17, 15) is 0 Å². The fourth-order valence-electron chi connectivity index (χ4n) is 0.933. The van der Waals surface area contributed by atoms with Crippen molar-refractivity contribution in [1.82, 2.24) is 10.6 Å². The molecule has 0 radical (unpaired) electrons. The molecule has 2 N–H and O–H groups in total. The van der Waals surface area contributed by atoms with Gasteiger partial charge in [0.05, 0.1) is 0 Å². The summed E-state index contributed by atoms with van der Waals surface area (Å²) in [4.78, 5) is 0. The molecule has 2 nitrogen and oxygen atoms in total. The maximum absolute atomic E-state index is 3.65. The molecular weight excluding hydrogens is 160 g/mol. The fraction of sp³-hybridized carbons (Fsp3) is 0.818. The van der Waals surface area contributed by atoms with Crippen LogP contribution in [0.5, 0.6) is 0 Å². The Morgan fingerprint density at radius 3 is 2.38 bits per heavy atom. The van der Waals surface area contributed by atoms with E-state index in [2.05, 4.69) is 38.0 Å². The normalized spacial score (nSPS) is 11.6. The molecule has 2 heteroatoms. The van der Waals surface area contributed by atoms with Crippen LogP contribution in [-0.4, -0.2) is 26.2 Å². The van der Waals surface area contributed by atoms with E-state index in [0.29, 0.717) is 5.41 Å². The van der Waals surface area contributed by atoms with Gasteiger partial charge in [-0.15, -0.1) is 6.58 Å². The molecule has 0 aliphatic heterocycles. The summed E-state index contributed by atoms with van der Waals surface area (Å²) in [7, 11) is 0. The van der Waals surface area contributed by atoms with Crippen molar-refractivity contribution in [3.63, 3.8) is 0 Å². The highest BCUT2D eigenvalue weighted by molar-refractivity contribution is 4.71. The second-order valence-electron chi connectivity index (χ2n) is 4.19. The van der Waals surface area contributed by atoms with Gasteiger partial charge in [0.2, 0.25) is 0 Å². The number of hydrogen-bond acceptors (Lipinski definition) is 2. The van der Waals surface area contributed by atoms with Crippen LogP contribution in [0, 0.1) is 5.41 Å². The van der Waals surface area contributed by atoms with Crippen molar-refractivity contribution in [2.45, 2.75) is 27.2 Å². The van der Waals surface area contributed by atoms with E-state index >= 15 is 0 Å². The summed E-state index contributed by atoms with van der Waals surface area (Å²) in [6, 6.07) is 0. The minimum absolute atomic E-state index is 0.429. The van der Waals surface area contributed by atoms with E-state index < -0.39 is 0 Å². The Morgan fingerprint density at radius 1 is 1.23 bits per heavy atom. The van der Waals surface area contributed by atoms with Crippen molar-refractivity contribution in [2.75, 3.05) is 26.2 Å². The van der Waals surface area contributed by atoms with Gasteiger partial charge in [-0.05, 0) is 11.8 Å². The Kier molecular flexibility index (Phi) is 6.92. The zero-order chi connectivity index (χ0) is 10.2. The molecular formula is C11H24N2. The maximum atomic E-state index is 3.65. The predicted octanol–water partition coefficient (Wildman–Crippen LogP) is 1.79. The van der Waals surface area contributed by atoms with E-state index in [1.165, 1.54) is 6.42 Å². The highest BCUT2D eigenvalue weighted by Gasteiger charge is 2.13. The van der Waals surface area contributed by atoms with Gasteiger partial charge in [0.15, 0.2) is 0 Å². The Bertz CT molecular complexity index is 130. The Labute approximate surface area is 82.8 Å². The highest BCUT2D eigenvalue weighted by atomic mass is 14.9. The summed E-state index contributed by atoms with van der Waals surface area (Å²) in [5.74, 6) is 0. The first kappa shape index (κ1) is 12.7. The van der Waals surface area contributed by atoms with E-state index in [-0.39, 0.29) is 0 Å². The smallest absolute Gasteiger partial charge is 0.0132 e. The minimum atomic E-state index is 0.429. The first-order valence-corrected chi connectivity index (χ1v) is 5.14. The molecule has 78 valence electrons. The summed E-state index contributed by atoms with van der Waals surface area (Å²) in [5, 5.41) is 6.70. The Balaban J connectivity index is 3.20. The lowest BCUT2D eigenvalue weighted by Gasteiger charge is -2.22. The minimum Gasteiger partial charge on any atom is -0.315 e. The molecule has 0 aromatic rings. The molecule has 0 saturated carbocycles. The van der Waals surface area contributed by atoms with E-state index in [1.807, 2.05) is 6.08 Å². The van der Waals surface area contributed by atoms with Crippen LogP contribution in [-0.2, 0) is 0 Å². The molecule has 0 aromatic heterocycles. The standard InChI is InChI=1S/C11H24N2/c1-5-7-12-8-9-13-10-11(3,4)6-2/h5,12-13H,1,6-10H2,2-4H3. The molecule has 0 heterocycles. The van der Waals surface area contributed by atoms with Crippen LogP contribution in [0.2, 0.25) is 0 Å². The molecule has 0 aliphatic carbocycles. The third kappa shape index (κ3) is 8.00. The third-order valence-electron chi connectivity index (χ3n) is 2.33. The Hall–Kier alpha value is -0.340. The van der Waals surface area contributed by atoms with Crippen LogP contribution >= 0.6 is 0 Å². The van der Waals surface area contributed by atoms with Gasteiger partial charge in [0.25, 0.3) is 0 Å². The van der Waals surface area contributed by atoms with E-state index in [0.717, 1.165) is 26.2 Å². The summed E-state index contributed by atoms with van der Waals surface area (Å²) >= 11 is 0. The van der Waals surface area contributed by atoms with E-state index in [1.54, 1.807) is 0 Å². The summed E-state index contributed by atoms with van der Waals surface area (Å²) in [5.41, 5.74) is 0.429. The SMILES string of the molecule is C=CCNCCNCC(C)(C)CC. The monoisotopic (exact) mass is 184 g/mol. The molecule has 0 aromatic carbocycles. The van der Waals surface area contributed by atoms with Gasteiger partial charge in [-0.2, -0.15) is 0 Å². The molecule has 0 unspecified atom stereocenters. The van der Waals surface area contributed by atoms with E-state index in [4.69, 9.17) is 0 Å². The largest absolute Gasteiger partial charge is 0.315 e. The van der Waals surface area contributed by atoms with Gasteiger partial charge >= 0.3 is 0 Å². The van der Waals surface area contributed by atoms with Crippen LogP contribution in [0.3, 0.4) is 0 Å². The van der Waals surface area contributed by atoms with Crippen LogP contribution in [0.1, 0.15) is 27.2 Å². The lowest BCUT2D eigenvalue weighted by Crippen LogP contribution is -2.34. The third-order valence-corrected chi connectivity index (χ3v) is 2.33. The van der Waals surface area contributed by atoms with Gasteiger partial charge < -0.3 is 10.6 Å². The van der Waals surface area contributed by atoms with Gasteiger partial charge in [-0.25, -0.2) is 0 Å². The second kappa shape index (κ2) is 7.10. The topological polar surface area (TPSA) is 24.1 Å². The summed E-state index contributed by atoms with van der Waals surface area (Å²) in [6.07, 6.45) is 3.11. The first-order valence-electron chi connectivity index (χ1n) is 5.14. The molecule has 0 rings (SSSR count). The lowest BCUT2D eigenvalue weighted by atomic mass is 9.90. The zero-order valence-electron chi connectivity index (χ0n) is 9.32. The van der Waals surface area contributed by atoms with Gasteiger partial charge in [0, 0.05) is 26.2 Å². The fourth-order valence-corrected chi connectivity index (χ4v) is 0.933. The average Bonchev–Trinajstić information content (AvgIpc) is 2.11. The van der Waals surface area contributed by atoms with Gasteiger partial charge in [-0.1, -0.05) is 26.8 Å². The summed E-state index contributed by atoms with van der Waals surface area (Å²) < 4.78 is 0. The van der Waals surface area contributed by atoms with Crippen molar-refractivity contribution < 1.29 is 0 Å². The highest BCUT2D eigenvalue weighted by Crippen LogP contribution is 2.17. The van der Waals surface area contributed by atoms with Crippen molar-refractivity contribution in [3.05, 3.63) is 12.7 Å². The quantitative estimate of drug-likeness (QED) is 0.444. The molecule has 0 spiro atoms. The number of hydrogen-bond donors (Lipinski definition) is 2. The molecule has 0 aliphatic rings. The first-order chi connectivity index (χ1) is 6.12. The predicted molar refractivity (Wildman–Crippen MR) is 60.0 cm³/mol. The molecule has 0 fully saturated rings. The van der Waals surface area contributed by atoms with Crippen LogP contribution in [0.15, 0.2) is 12.7 Å². The van der Waals surface area contributed by atoms with Gasteiger partial charge in [-0.3, -0.25) is 0 Å². The molecule has 0 saturated heterocycles. The second-order valence-corrected chi connectivity index (χ2v) is 4.19. The van der Waals surface area contributed by atoms with Crippen LogP contribution in [0.4, 0.5) is 0 Å². The average molecular weight is 184 g/mol.